The molecule has 0 radical (unpaired) electrons. The lowest BCUT2D eigenvalue weighted by atomic mass is 10.1. The van der Waals surface area contributed by atoms with Crippen molar-refractivity contribution >= 4 is 27.3 Å². The fourth-order valence-electron chi connectivity index (χ4n) is 2.53. The average Bonchev–Trinajstić information content (AvgIpc) is 2.93. The molecule has 1 N–H and O–H groups in total. The molecule has 1 aliphatic heterocycles. The second-order valence-corrected chi connectivity index (χ2v) is 7.07. The van der Waals surface area contributed by atoms with E-state index < -0.39 is 12.7 Å². The van der Waals surface area contributed by atoms with Gasteiger partial charge in [0.1, 0.15) is 0 Å². The molecule has 1 aromatic rings. The van der Waals surface area contributed by atoms with E-state index in [0.717, 1.165) is 17.4 Å². The first-order valence-electron chi connectivity index (χ1n) is 6.60. The highest BCUT2D eigenvalue weighted by atomic mass is 79.9. The molecule has 0 amide bonds. The summed E-state index contributed by atoms with van der Waals surface area (Å²) in [6.45, 7) is 3.14. The molecule has 0 spiro atoms. The lowest BCUT2D eigenvalue weighted by Gasteiger charge is -2.19. The van der Waals surface area contributed by atoms with E-state index in [1.807, 2.05) is 11.4 Å². The Morgan fingerprint density at radius 3 is 2.90 bits per heavy atom. The van der Waals surface area contributed by atoms with Crippen molar-refractivity contribution in [2.24, 2.45) is 5.92 Å². The maximum Gasteiger partial charge on any atom is 0.401 e. The molecular formula is C13H18BrF3N2S. The van der Waals surface area contributed by atoms with Crippen molar-refractivity contribution in [2.45, 2.75) is 25.6 Å². The van der Waals surface area contributed by atoms with Crippen molar-refractivity contribution in [3.8, 4) is 0 Å². The van der Waals surface area contributed by atoms with Crippen LogP contribution in [0.5, 0.6) is 0 Å². The van der Waals surface area contributed by atoms with E-state index in [1.54, 1.807) is 11.3 Å². The minimum absolute atomic E-state index is 0.223. The topological polar surface area (TPSA) is 15.3 Å². The van der Waals surface area contributed by atoms with Gasteiger partial charge in [-0.3, -0.25) is 4.90 Å². The van der Waals surface area contributed by atoms with Gasteiger partial charge in [0.05, 0.1) is 6.54 Å². The summed E-state index contributed by atoms with van der Waals surface area (Å²) in [5.41, 5.74) is 0. The predicted octanol–water partition coefficient (Wildman–Crippen LogP) is 4.05. The predicted molar refractivity (Wildman–Crippen MR) is 79.0 cm³/mol. The molecule has 2 nitrogen and oxygen atoms in total. The second-order valence-electron chi connectivity index (χ2n) is 5.27. The van der Waals surface area contributed by atoms with Gasteiger partial charge in [-0.25, -0.2) is 0 Å². The first-order valence-corrected chi connectivity index (χ1v) is 8.28. The molecule has 2 atom stereocenters. The van der Waals surface area contributed by atoms with Gasteiger partial charge in [-0.15, -0.1) is 11.3 Å². The van der Waals surface area contributed by atoms with E-state index in [2.05, 4.69) is 28.2 Å². The Bertz CT molecular complexity index is 435. The Labute approximate surface area is 129 Å². The molecule has 1 fully saturated rings. The monoisotopic (exact) mass is 370 g/mol. The van der Waals surface area contributed by atoms with Crippen molar-refractivity contribution in [3.05, 3.63) is 20.8 Å². The van der Waals surface area contributed by atoms with Crippen LogP contribution in [-0.4, -0.2) is 37.3 Å². The lowest BCUT2D eigenvalue weighted by Crippen LogP contribution is -2.34. The molecule has 114 valence electrons. The molecule has 0 saturated carbocycles. The molecule has 0 bridgehead atoms. The van der Waals surface area contributed by atoms with Crippen LogP contribution in [0.1, 0.15) is 24.3 Å². The van der Waals surface area contributed by atoms with E-state index >= 15 is 0 Å². The highest BCUT2D eigenvalue weighted by molar-refractivity contribution is 9.10. The third-order valence-corrected chi connectivity index (χ3v) is 5.58. The van der Waals surface area contributed by atoms with Gasteiger partial charge in [0.15, 0.2) is 0 Å². The quantitative estimate of drug-likeness (QED) is 0.840. The van der Waals surface area contributed by atoms with Gasteiger partial charge in [-0.05, 0) is 59.7 Å². The van der Waals surface area contributed by atoms with Crippen LogP contribution in [0.4, 0.5) is 13.2 Å². The third kappa shape index (κ3) is 4.72. The molecule has 2 rings (SSSR count). The Hall–Kier alpha value is -0.110. The molecule has 2 unspecified atom stereocenters. The number of halogens is 4. The molecule has 1 aromatic heterocycles. The fraction of sp³-hybridized carbons (Fsp3) is 0.692. The largest absolute Gasteiger partial charge is 0.401 e. The summed E-state index contributed by atoms with van der Waals surface area (Å²) in [6, 6.07) is 2.24. The average molecular weight is 371 g/mol. The maximum absolute atomic E-state index is 12.3. The number of likely N-dealkylation sites (tertiary alicyclic amines) is 1. The number of rotatable bonds is 5. The lowest BCUT2D eigenvalue weighted by molar-refractivity contribution is -0.143. The number of nitrogens with zero attached hydrogens (tertiary/aromatic N) is 1. The van der Waals surface area contributed by atoms with Crippen LogP contribution in [0.2, 0.25) is 0 Å². The number of alkyl halides is 3. The van der Waals surface area contributed by atoms with E-state index in [-0.39, 0.29) is 6.04 Å². The molecule has 7 heteroatoms. The van der Waals surface area contributed by atoms with E-state index in [9.17, 15) is 13.2 Å². The first kappa shape index (κ1) is 16.3. The van der Waals surface area contributed by atoms with E-state index in [1.165, 1.54) is 9.78 Å². The zero-order chi connectivity index (χ0) is 14.8. The van der Waals surface area contributed by atoms with Gasteiger partial charge < -0.3 is 5.32 Å². The summed E-state index contributed by atoms with van der Waals surface area (Å²) in [7, 11) is 0. The van der Waals surface area contributed by atoms with Crippen LogP contribution in [0.3, 0.4) is 0 Å². The van der Waals surface area contributed by atoms with Crippen LogP contribution in [0, 0.1) is 5.92 Å². The zero-order valence-electron chi connectivity index (χ0n) is 11.2. The summed E-state index contributed by atoms with van der Waals surface area (Å²) < 4.78 is 38.0. The number of thiophene rings is 1. The summed E-state index contributed by atoms with van der Waals surface area (Å²) in [5.74, 6) is 0.304. The van der Waals surface area contributed by atoms with E-state index in [0.29, 0.717) is 19.0 Å². The van der Waals surface area contributed by atoms with Gasteiger partial charge >= 0.3 is 6.18 Å². The minimum Gasteiger partial charge on any atom is -0.309 e. The number of hydrogen-bond acceptors (Lipinski definition) is 3. The Balaban J connectivity index is 1.75. The summed E-state index contributed by atoms with van der Waals surface area (Å²) in [6.07, 6.45) is -3.25. The smallest absolute Gasteiger partial charge is 0.309 e. The number of hydrogen-bond donors (Lipinski definition) is 1. The van der Waals surface area contributed by atoms with Crippen LogP contribution in [0.15, 0.2) is 15.9 Å². The standard InChI is InChI=1S/C13H18BrF3N2S/c1-9(12-11(14)3-5-20-12)18-6-10-2-4-19(7-10)8-13(15,16)17/h3,5,9-10,18H,2,4,6-8H2,1H3. The van der Waals surface area contributed by atoms with Crippen molar-refractivity contribution in [3.63, 3.8) is 0 Å². The molecule has 1 saturated heterocycles. The third-order valence-electron chi connectivity index (χ3n) is 3.52. The molecule has 20 heavy (non-hydrogen) atoms. The molecular weight excluding hydrogens is 353 g/mol. The summed E-state index contributed by atoms with van der Waals surface area (Å²) in [5, 5.41) is 5.45. The van der Waals surface area contributed by atoms with Crippen LogP contribution in [-0.2, 0) is 0 Å². The Kier molecular flexibility index (Phi) is 5.50. The highest BCUT2D eigenvalue weighted by Gasteiger charge is 2.34. The molecule has 0 aliphatic carbocycles. The molecule has 0 aromatic carbocycles. The Morgan fingerprint density at radius 2 is 2.30 bits per heavy atom. The van der Waals surface area contributed by atoms with Crippen molar-refractivity contribution in [2.75, 3.05) is 26.2 Å². The number of nitrogens with one attached hydrogen (secondary N) is 1. The van der Waals surface area contributed by atoms with Gasteiger partial charge in [0, 0.05) is 21.9 Å². The first-order chi connectivity index (χ1) is 9.35. The Morgan fingerprint density at radius 1 is 1.55 bits per heavy atom. The molecule has 2 heterocycles. The SMILES string of the molecule is CC(NCC1CCN(CC(F)(F)F)C1)c1sccc1Br. The molecule has 1 aliphatic rings. The van der Waals surface area contributed by atoms with E-state index in [4.69, 9.17) is 0 Å². The van der Waals surface area contributed by atoms with Crippen molar-refractivity contribution in [1.82, 2.24) is 10.2 Å². The van der Waals surface area contributed by atoms with Gasteiger partial charge in [0.25, 0.3) is 0 Å². The second kappa shape index (κ2) is 6.77. The maximum atomic E-state index is 12.3. The van der Waals surface area contributed by atoms with Crippen molar-refractivity contribution < 1.29 is 13.2 Å². The fourth-order valence-corrected chi connectivity index (χ4v) is 4.28. The van der Waals surface area contributed by atoms with Gasteiger partial charge in [-0.2, -0.15) is 13.2 Å². The van der Waals surface area contributed by atoms with Gasteiger partial charge in [0.2, 0.25) is 0 Å². The minimum atomic E-state index is -4.09. The van der Waals surface area contributed by atoms with Crippen LogP contribution < -0.4 is 5.32 Å². The highest BCUT2D eigenvalue weighted by Crippen LogP contribution is 2.29. The van der Waals surface area contributed by atoms with Crippen LogP contribution >= 0.6 is 27.3 Å². The van der Waals surface area contributed by atoms with Crippen molar-refractivity contribution in [1.29, 1.82) is 0 Å². The van der Waals surface area contributed by atoms with Gasteiger partial charge in [-0.1, -0.05) is 0 Å². The summed E-state index contributed by atoms with van der Waals surface area (Å²) >= 11 is 5.18. The zero-order valence-corrected chi connectivity index (χ0v) is 13.6. The summed E-state index contributed by atoms with van der Waals surface area (Å²) in [4.78, 5) is 2.73. The van der Waals surface area contributed by atoms with Crippen LogP contribution in [0.25, 0.3) is 0 Å². The normalized spacial score (nSPS) is 22.4.